The first-order chi connectivity index (χ1) is 9.08. The molecule has 0 saturated heterocycles. The zero-order chi connectivity index (χ0) is 14.0. The van der Waals surface area contributed by atoms with Crippen molar-refractivity contribution in [3.8, 4) is 11.4 Å². The Morgan fingerprint density at radius 2 is 2.16 bits per heavy atom. The normalized spacial score (nSPS) is 10.7. The number of hydrogen-bond acceptors (Lipinski definition) is 4. The molecule has 0 amide bonds. The number of aromatic nitrogens is 3. The predicted octanol–water partition coefficient (Wildman–Crippen LogP) is 3.08. The maximum atomic E-state index is 10.7. The fourth-order valence-electron chi connectivity index (χ4n) is 1.98. The third-order valence-corrected chi connectivity index (χ3v) is 3.43. The van der Waals surface area contributed by atoms with E-state index in [0.717, 1.165) is 29.3 Å². The molecule has 2 aromatic rings. The Kier molecular flexibility index (Phi) is 3.94. The largest absolute Gasteiger partial charge is 0.311 e. The van der Waals surface area contributed by atoms with Crippen molar-refractivity contribution >= 4 is 21.6 Å². The molecule has 19 heavy (non-hydrogen) atoms. The summed E-state index contributed by atoms with van der Waals surface area (Å²) in [5, 5.41) is 19.7. The molecule has 1 aromatic carbocycles. The van der Waals surface area contributed by atoms with Crippen LogP contribution in [0.3, 0.4) is 0 Å². The van der Waals surface area contributed by atoms with Gasteiger partial charge in [-0.2, -0.15) is 0 Å². The second-order valence-corrected chi connectivity index (χ2v) is 4.63. The number of benzene rings is 1. The van der Waals surface area contributed by atoms with E-state index < -0.39 is 4.92 Å². The lowest BCUT2D eigenvalue weighted by atomic mass is 10.1. The third kappa shape index (κ3) is 2.51. The molecular formula is C12H13BrN4O2. The molecule has 0 N–H and O–H groups in total. The molecule has 6 nitrogen and oxygen atoms in total. The van der Waals surface area contributed by atoms with Gasteiger partial charge in [-0.1, -0.05) is 15.9 Å². The van der Waals surface area contributed by atoms with Crippen molar-refractivity contribution in [3.05, 3.63) is 39.7 Å². The van der Waals surface area contributed by atoms with Gasteiger partial charge in [0.25, 0.3) is 5.69 Å². The molecule has 100 valence electrons. The van der Waals surface area contributed by atoms with E-state index in [-0.39, 0.29) is 5.69 Å². The minimum absolute atomic E-state index is 0.0875. The highest BCUT2D eigenvalue weighted by molar-refractivity contribution is 9.08. The van der Waals surface area contributed by atoms with Gasteiger partial charge in [0.05, 0.1) is 10.3 Å². The summed E-state index contributed by atoms with van der Waals surface area (Å²) in [5.41, 5.74) is 1.77. The summed E-state index contributed by atoms with van der Waals surface area (Å²) in [6, 6.07) is 4.77. The van der Waals surface area contributed by atoms with Crippen molar-refractivity contribution in [1.29, 1.82) is 0 Å². The van der Waals surface area contributed by atoms with Gasteiger partial charge >= 0.3 is 0 Å². The second-order valence-electron chi connectivity index (χ2n) is 4.07. The lowest BCUT2D eigenvalue weighted by Crippen LogP contribution is -2.02. The van der Waals surface area contributed by atoms with Crippen molar-refractivity contribution < 1.29 is 4.92 Å². The molecule has 7 heteroatoms. The van der Waals surface area contributed by atoms with Crippen LogP contribution < -0.4 is 0 Å². The molecule has 0 saturated carbocycles. The first-order valence-corrected chi connectivity index (χ1v) is 6.94. The van der Waals surface area contributed by atoms with Gasteiger partial charge in [0.15, 0.2) is 5.82 Å². The van der Waals surface area contributed by atoms with Crippen molar-refractivity contribution in [2.45, 2.75) is 25.7 Å². The summed E-state index contributed by atoms with van der Waals surface area (Å²) in [4.78, 5) is 10.3. The zero-order valence-corrected chi connectivity index (χ0v) is 12.2. The summed E-state index contributed by atoms with van der Waals surface area (Å²) in [5.74, 6) is 1.58. The van der Waals surface area contributed by atoms with E-state index in [4.69, 9.17) is 0 Å². The Morgan fingerprint density at radius 3 is 2.68 bits per heavy atom. The number of halogens is 1. The van der Waals surface area contributed by atoms with E-state index in [1.54, 1.807) is 12.1 Å². The molecule has 0 fully saturated rings. The number of nitrogens with zero attached hydrogens (tertiary/aromatic N) is 4. The van der Waals surface area contributed by atoms with E-state index in [1.807, 2.05) is 18.4 Å². The van der Waals surface area contributed by atoms with Gasteiger partial charge in [-0.05, 0) is 25.5 Å². The Morgan fingerprint density at radius 1 is 1.42 bits per heavy atom. The summed E-state index contributed by atoms with van der Waals surface area (Å²) in [6.07, 6.45) is 0. The number of aryl methyl sites for hydroxylation is 1. The maximum absolute atomic E-state index is 10.7. The van der Waals surface area contributed by atoms with Crippen molar-refractivity contribution in [2.24, 2.45) is 0 Å². The molecule has 0 aliphatic rings. The van der Waals surface area contributed by atoms with Crippen LogP contribution in [0.2, 0.25) is 0 Å². The first kappa shape index (κ1) is 13.7. The van der Waals surface area contributed by atoms with Crippen molar-refractivity contribution in [1.82, 2.24) is 14.8 Å². The van der Waals surface area contributed by atoms with Crippen LogP contribution in [0, 0.1) is 17.0 Å². The fraction of sp³-hybridized carbons (Fsp3) is 0.333. The van der Waals surface area contributed by atoms with Crippen molar-refractivity contribution in [2.75, 3.05) is 0 Å². The summed E-state index contributed by atoms with van der Waals surface area (Å²) >= 11 is 3.37. The van der Waals surface area contributed by atoms with Gasteiger partial charge in [0.2, 0.25) is 0 Å². The highest BCUT2D eigenvalue weighted by Crippen LogP contribution is 2.26. The molecule has 1 heterocycles. The number of rotatable bonds is 4. The van der Waals surface area contributed by atoms with Crippen molar-refractivity contribution in [3.63, 3.8) is 0 Å². The predicted molar refractivity (Wildman–Crippen MR) is 75.2 cm³/mol. The monoisotopic (exact) mass is 324 g/mol. The minimum atomic E-state index is -0.398. The molecule has 2 rings (SSSR count). The summed E-state index contributed by atoms with van der Waals surface area (Å²) in [7, 11) is 0. The molecule has 0 aliphatic heterocycles. The molecule has 0 unspecified atom stereocenters. The quantitative estimate of drug-likeness (QED) is 0.492. The average Bonchev–Trinajstić information content (AvgIpc) is 2.80. The highest BCUT2D eigenvalue weighted by atomic mass is 79.9. The van der Waals surface area contributed by atoms with Crippen LogP contribution in [0.25, 0.3) is 11.4 Å². The maximum Gasteiger partial charge on any atom is 0.269 e. The smallest absolute Gasteiger partial charge is 0.269 e. The average molecular weight is 325 g/mol. The van der Waals surface area contributed by atoms with Crippen LogP contribution in [-0.2, 0) is 11.9 Å². The molecule has 0 aliphatic carbocycles. The zero-order valence-electron chi connectivity index (χ0n) is 10.6. The van der Waals surface area contributed by atoms with Crippen LogP contribution >= 0.6 is 15.9 Å². The van der Waals surface area contributed by atoms with Crippen LogP contribution in [0.15, 0.2) is 18.2 Å². The lowest BCUT2D eigenvalue weighted by Gasteiger charge is -2.08. The van der Waals surface area contributed by atoms with E-state index >= 15 is 0 Å². The standard InChI is InChI=1S/C12H13BrN4O2/c1-3-16-11(7-13)14-15-12(16)10-5-4-9(17(18)19)6-8(10)2/h4-6H,3,7H2,1-2H3. The minimum Gasteiger partial charge on any atom is -0.311 e. The van der Waals surface area contributed by atoms with Crippen LogP contribution in [-0.4, -0.2) is 19.7 Å². The van der Waals surface area contributed by atoms with Gasteiger partial charge in [-0.25, -0.2) is 0 Å². The van der Waals surface area contributed by atoms with Crippen LogP contribution in [0.5, 0.6) is 0 Å². The number of hydrogen-bond donors (Lipinski definition) is 0. The van der Waals surface area contributed by atoms with Gasteiger partial charge in [-0.15, -0.1) is 10.2 Å². The molecule has 0 bridgehead atoms. The van der Waals surface area contributed by atoms with Gasteiger partial charge in [-0.3, -0.25) is 10.1 Å². The summed E-state index contributed by atoms with van der Waals surface area (Å²) in [6.45, 7) is 4.60. The molecule has 1 aromatic heterocycles. The Labute approximate surface area is 118 Å². The molecule has 0 atom stereocenters. The number of non-ortho nitro benzene ring substituents is 1. The molecule has 0 radical (unpaired) electrons. The second kappa shape index (κ2) is 5.48. The Balaban J connectivity index is 2.53. The molecule has 0 spiro atoms. The topological polar surface area (TPSA) is 73.8 Å². The van der Waals surface area contributed by atoms with Gasteiger partial charge in [0.1, 0.15) is 5.82 Å². The number of nitro benzene ring substituents is 1. The van der Waals surface area contributed by atoms with E-state index in [1.165, 1.54) is 6.07 Å². The Hall–Kier alpha value is -1.76. The van der Waals surface area contributed by atoms with Gasteiger partial charge < -0.3 is 4.57 Å². The van der Waals surface area contributed by atoms with E-state index in [2.05, 4.69) is 26.1 Å². The lowest BCUT2D eigenvalue weighted by molar-refractivity contribution is -0.384. The number of alkyl halides is 1. The van der Waals surface area contributed by atoms with E-state index in [9.17, 15) is 10.1 Å². The fourth-order valence-corrected chi connectivity index (χ4v) is 2.39. The highest BCUT2D eigenvalue weighted by Gasteiger charge is 2.15. The molecular weight excluding hydrogens is 312 g/mol. The summed E-state index contributed by atoms with van der Waals surface area (Å²) < 4.78 is 1.99. The van der Waals surface area contributed by atoms with Crippen LogP contribution in [0.4, 0.5) is 5.69 Å². The van der Waals surface area contributed by atoms with E-state index in [0.29, 0.717) is 5.33 Å². The van der Waals surface area contributed by atoms with Crippen LogP contribution in [0.1, 0.15) is 18.3 Å². The SMILES string of the molecule is CCn1c(CBr)nnc1-c1ccc([N+](=O)[O-])cc1C. The third-order valence-electron chi connectivity index (χ3n) is 2.92. The number of nitro groups is 1. The van der Waals surface area contributed by atoms with Gasteiger partial charge in [0, 0.05) is 24.2 Å². The first-order valence-electron chi connectivity index (χ1n) is 5.82. The Bertz CT molecular complexity index is 624.